The summed E-state index contributed by atoms with van der Waals surface area (Å²) in [7, 11) is -3.70. The summed E-state index contributed by atoms with van der Waals surface area (Å²) in [5.41, 5.74) is 0.654. The molecule has 0 aliphatic rings. The molecule has 150 valence electrons. The van der Waals surface area contributed by atoms with E-state index in [1.807, 2.05) is 0 Å². The van der Waals surface area contributed by atoms with E-state index < -0.39 is 10.0 Å². The quantitative estimate of drug-likeness (QED) is 0.405. The number of fused-ring (bicyclic) bond motifs is 1. The number of pyridine rings is 1. The maximum atomic E-state index is 12.2. The van der Waals surface area contributed by atoms with E-state index in [0.717, 1.165) is 0 Å². The summed E-state index contributed by atoms with van der Waals surface area (Å²) >= 11 is 0. The number of benzene rings is 1. The number of aromatic nitrogens is 3. The molecule has 0 aliphatic heterocycles. The molecule has 3 aromatic rings. The van der Waals surface area contributed by atoms with Crippen LogP contribution in [0.15, 0.2) is 58.4 Å². The number of carbonyl (C=O) groups excluding carboxylic acids is 1. The summed E-state index contributed by atoms with van der Waals surface area (Å²) in [5.74, 6) is 1.85. The van der Waals surface area contributed by atoms with Crippen molar-refractivity contribution in [1.29, 1.82) is 0 Å². The molecule has 0 radical (unpaired) electrons. The predicted octanol–water partition coefficient (Wildman–Crippen LogP) is 0.228. The van der Waals surface area contributed by atoms with Crippen LogP contribution in [0.1, 0.15) is 16.8 Å². The third-order valence-electron chi connectivity index (χ3n) is 4.11. The zero-order valence-corrected chi connectivity index (χ0v) is 16.2. The van der Waals surface area contributed by atoms with Crippen molar-refractivity contribution >= 4 is 21.6 Å². The number of nitrogens with zero attached hydrogens (tertiary/aromatic N) is 3. The van der Waals surface area contributed by atoms with Crippen molar-refractivity contribution in [2.45, 2.75) is 17.9 Å². The van der Waals surface area contributed by atoms with Crippen molar-refractivity contribution in [2.75, 3.05) is 13.1 Å². The Morgan fingerprint density at radius 2 is 1.93 bits per heavy atom. The van der Waals surface area contributed by atoms with Gasteiger partial charge in [0.15, 0.2) is 5.65 Å². The van der Waals surface area contributed by atoms with Crippen LogP contribution in [0.4, 0.5) is 0 Å². The number of hydrogen-bond donors (Lipinski definition) is 2. The number of amides is 1. The average Bonchev–Trinajstić information content (AvgIpc) is 3.05. The summed E-state index contributed by atoms with van der Waals surface area (Å²) in [6, 6.07) is 10.8. The smallest absolute Gasteiger partial charge is 0.350 e. The Morgan fingerprint density at radius 3 is 2.62 bits per heavy atom. The SMILES string of the molecule is C#CCNS(=O)(=O)c1ccc(C(=O)NCCCn2nc3ccccn3c2=O)cc1. The van der Waals surface area contributed by atoms with Gasteiger partial charge >= 0.3 is 5.69 Å². The molecule has 0 aliphatic carbocycles. The van der Waals surface area contributed by atoms with Crippen molar-refractivity contribution in [1.82, 2.24) is 24.2 Å². The summed E-state index contributed by atoms with van der Waals surface area (Å²) in [6.45, 7) is 0.585. The Labute approximate surface area is 167 Å². The highest BCUT2D eigenvalue weighted by atomic mass is 32.2. The lowest BCUT2D eigenvalue weighted by Gasteiger charge is -2.07. The first kappa shape index (κ1) is 20.3. The molecule has 2 N–H and O–H groups in total. The number of aryl methyl sites for hydroxylation is 1. The van der Waals surface area contributed by atoms with Gasteiger partial charge in [-0.15, -0.1) is 11.5 Å². The van der Waals surface area contributed by atoms with Gasteiger partial charge in [0, 0.05) is 24.8 Å². The second-order valence-electron chi connectivity index (χ2n) is 6.10. The molecule has 0 bridgehead atoms. The highest BCUT2D eigenvalue weighted by Crippen LogP contribution is 2.10. The molecule has 2 aromatic heterocycles. The first-order chi connectivity index (χ1) is 13.9. The van der Waals surface area contributed by atoms with E-state index in [9.17, 15) is 18.0 Å². The lowest BCUT2D eigenvalue weighted by molar-refractivity contribution is 0.0952. The molecule has 0 spiro atoms. The van der Waals surface area contributed by atoms with Crippen molar-refractivity contribution < 1.29 is 13.2 Å². The number of terminal acetylenes is 1. The molecule has 0 unspecified atom stereocenters. The van der Waals surface area contributed by atoms with Gasteiger partial charge in [0.05, 0.1) is 11.4 Å². The molecule has 1 amide bonds. The second-order valence-corrected chi connectivity index (χ2v) is 7.86. The molecule has 29 heavy (non-hydrogen) atoms. The first-order valence-corrected chi connectivity index (χ1v) is 10.3. The normalized spacial score (nSPS) is 11.3. The largest absolute Gasteiger partial charge is 0.352 e. The Morgan fingerprint density at radius 1 is 1.17 bits per heavy atom. The summed E-state index contributed by atoms with van der Waals surface area (Å²) in [6.07, 6.45) is 7.21. The highest BCUT2D eigenvalue weighted by Gasteiger charge is 2.14. The van der Waals surface area contributed by atoms with E-state index in [1.54, 1.807) is 24.4 Å². The van der Waals surface area contributed by atoms with Crippen LogP contribution < -0.4 is 15.7 Å². The Kier molecular flexibility index (Phi) is 6.11. The number of carbonyl (C=O) groups is 1. The van der Waals surface area contributed by atoms with Crippen LogP contribution in [0.5, 0.6) is 0 Å². The van der Waals surface area contributed by atoms with Crippen LogP contribution in [0.3, 0.4) is 0 Å². The number of hydrogen-bond acceptors (Lipinski definition) is 5. The van der Waals surface area contributed by atoms with Crippen molar-refractivity contribution in [3.8, 4) is 12.3 Å². The molecule has 10 heteroatoms. The Bertz CT molecular complexity index is 1220. The van der Waals surface area contributed by atoms with Gasteiger partial charge in [-0.25, -0.2) is 17.9 Å². The van der Waals surface area contributed by atoms with Gasteiger partial charge in [-0.1, -0.05) is 12.0 Å². The molecule has 0 saturated carbocycles. The minimum absolute atomic E-state index is 0.0236. The minimum atomic E-state index is -3.70. The molecule has 1 aromatic carbocycles. The lowest BCUT2D eigenvalue weighted by atomic mass is 10.2. The molecule has 0 saturated heterocycles. The summed E-state index contributed by atoms with van der Waals surface area (Å²) in [5, 5.41) is 6.95. The van der Waals surface area contributed by atoms with Crippen molar-refractivity contribution in [3.05, 3.63) is 64.7 Å². The van der Waals surface area contributed by atoms with Gasteiger partial charge in [0.25, 0.3) is 5.91 Å². The monoisotopic (exact) mass is 413 g/mol. The Hall–Kier alpha value is -3.42. The van der Waals surface area contributed by atoms with Crippen molar-refractivity contribution in [3.63, 3.8) is 0 Å². The maximum absolute atomic E-state index is 12.2. The zero-order chi connectivity index (χ0) is 20.9. The predicted molar refractivity (Wildman–Crippen MR) is 107 cm³/mol. The van der Waals surface area contributed by atoms with Gasteiger partial charge in [-0.05, 0) is 42.8 Å². The van der Waals surface area contributed by atoms with Crippen LogP contribution in [0.2, 0.25) is 0 Å². The maximum Gasteiger partial charge on any atom is 0.350 e. The van der Waals surface area contributed by atoms with Gasteiger partial charge in [0.1, 0.15) is 0 Å². The molecule has 9 nitrogen and oxygen atoms in total. The summed E-state index contributed by atoms with van der Waals surface area (Å²) < 4.78 is 29.0. The average molecular weight is 413 g/mol. The van der Waals surface area contributed by atoms with Gasteiger partial charge in [-0.2, -0.15) is 4.72 Å². The van der Waals surface area contributed by atoms with Crippen LogP contribution in [-0.4, -0.2) is 41.6 Å². The molecule has 2 heterocycles. The van der Waals surface area contributed by atoms with Gasteiger partial charge < -0.3 is 5.32 Å². The Balaban J connectivity index is 1.53. The molecular weight excluding hydrogens is 394 g/mol. The zero-order valence-electron chi connectivity index (χ0n) is 15.4. The highest BCUT2D eigenvalue weighted by molar-refractivity contribution is 7.89. The summed E-state index contributed by atoms with van der Waals surface area (Å²) in [4.78, 5) is 24.4. The lowest BCUT2D eigenvalue weighted by Crippen LogP contribution is -2.27. The molecule has 3 rings (SSSR count). The fourth-order valence-electron chi connectivity index (χ4n) is 2.65. The van der Waals surface area contributed by atoms with Crippen molar-refractivity contribution in [2.24, 2.45) is 0 Å². The number of rotatable bonds is 8. The van der Waals surface area contributed by atoms with E-state index in [-0.39, 0.29) is 23.0 Å². The third kappa shape index (κ3) is 4.71. The van der Waals surface area contributed by atoms with E-state index in [4.69, 9.17) is 6.42 Å². The first-order valence-electron chi connectivity index (χ1n) is 8.78. The van der Waals surface area contributed by atoms with Crippen LogP contribution in [0, 0.1) is 12.3 Å². The molecule has 0 atom stereocenters. The molecule has 0 fully saturated rings. The van der Waals surface area contributed by atoms with Crippen LogP contribution >= 0.6 is 0 Å². The van der Waals surface area contributed by atoms with E-state index in [0.29, 0.717) is 30.7 Å². The fraction of sp³-hybridized carbons (Fsp3) is 0.211. The number of sulfonamides is 1. The van der Waals surface area contributed by atoms with Gasteiger partial charge in [-0.3, -0.25) is 9.20 Å². The third-order valence-corrected chi connectivity index (χ3v) is 5.53. The molecular formula is C19H19N5O4S. The van der Waals surface area contributed by atoms with E-state index in [2.05, 4.69) is 21.1 Å². The minimum Gasteiger partial charge on any atom is -0.352 e. The van der Waals surface area contributed by atoms with Crippen LogP contribution in [-0.2, 0) is 16.6 Å². The fourth-order valence-corrected chi connectivity index (χ4v) is 3.59. The standard InChI is InChI=1S/C19H19N5O4S/c1-2-11-21-29(27,28)16-9-7-15(8-10-16)18(25)20-12-5-14-24-19(26)23-13-4-3-6-17(23)22-24/h1,3-4,6-10,13,21H,5,11-12,14H2,(H,20,25). The second kappa shape index (κ2) is 8.72. The number of nitrogens with one attached hydrogen (secondary N) is 2. The topological polar surface area (TPSA) is 115 Å². The van der Waals surface area contributed by atoms with Crippen LogP contribution in [0.25, 0.3) is 5.65 Å². The van der Waals surface area contributed by atoms with E-state index >= 15 is 0 Å². The van der Waals surface area contributed by atoms with E-state index in [1.165, 1.54) is 33.3 Å². The van der Waals surface area contributed by atoms with Gasteiger partial charge in [0.2, 0.25) is 10.0 Å².